The Morgan fingerprint density at radius 2 is 2.24 bits per heavy atom. The molecule has 1 aromatic rings. The minimum atomic E-state index is -1.04. The van der Waals surface area contributed by atoms with Gasteiger partial charge in [-0.1, -0.05) is 6.07 Å². The van der Waals surface area contributed by atoms with E-state index in [0.717, 1.165) is 5.56 Å². The summed E-state index contributed by atoms with van der Waals surface area (Å²) < 4.78 is 4.93. The van der Waals surface area contributed by atoms with Crippen molar-refractivity contribution in [2.45, 2.75) is 19.0 Å². The van der Waals surface area contributed by atoms with Crippen LogP contribution in [0.5, 0.6) is 5.88 Å². The average Bonchev–Trinajstić information content (AvgIpc) is 2.49. The van der Waals surface area contributed by atoms with Crippen LogP contribution in [-0.4, -0.2) is 47.3 Å². The summed E-state index contributed by atoms with van der Waals surface area (Å²) in [5.74, 6) is 0.121. The number of carboxylic acids is 1. The van der Waals surface area contributed by atoms with Crippen LogP contribution in [0.4, 0.5) is 4.79 Å². The van der Waals surface area contributed by atoms with Gasteiger partial charge in [0.1, 0.15) is 6.04 Å². The molecule has 0 aliphatic rings. The molecule has 0 fully saturated rings. The summed E-state index contributed by atoms with van der Waals surface area (Å²) in [6.45, 7) is 0.262. The van der Waals surface area contributed by atoms with Gasteiger partial charge in [0, 0.05) is 18.8 Å². The molecular formula is C13H19N3O4S. The van der Waals surface area contributed by atoms with Crippen molar-refractivity contribution in [1.29, 1.82) is 0 Å². The number of pyridine rings is 1. The van der Waals surface area contributed by atoms with Crippen LogP contribution in [0.15, 0.2) is 18.3 Å². The first-order valence-corrected chi connectivity index (χ1v) is 7.71. The molecule has 0 aliphatic heterocycles. The average molecular weight is 313 g/mol. The molecule has 0 aromatic carbocycles. The Hall–Kier alpha value is -1.96. The largest absolute Gasteiger partial charge is 0.481 e. The number of urea groups is 1. The van der Waals surface area contributed by atoms with Crippen molar-refractivity contribution < 1.29 is 19.4 Å². The molecular weight excluding hydrogens is 294 g/mol. The van der Waals surface area contributed by atoms with E-state index in [9.17, 15) is 9.59 Å². The van der Waals surface area contributed by atoms with Gasteiger partial charge in [0.25, 0.3) is 0 Å². The highest BCUT2D eigenvalue weighted by atomic mass is 32.2. The summed E-state index contributed by atoms with van der Waals surface area (Å²) in [4.78, 5) is 26.7. The second-order valence-corrected chi connectivity index (χ2v) is 5.19. The first-order valence-electron chi connectivity index (χ1n) is 6.32. The number of hydrogen-bond acceptors (Lipinski definition) is 5. The molecule has 3 N–H and O–H groups in total. The molecule has 21 heavy (non-hydrogen) atoms. The molecule has 0 saturated heterocycles. The highest BCUT2D eigenvalue weighted by molar-refractivity contribution is 7.98. The monoisotopic (exact) mass is 313 g/mol. The van der Waals surface area contributed by atoms with Gasteiger partial charge < -0.3 is 20.5 Å². The molecule has 0 radical (unpaired) electrons. The molecule has 0 aliphatic carbocycles. The van der Waals surface area contributed by atoms with Crippen molar-refractivity contribution >= 4 is 23.8 Å². The predicted molar refractivity (Wildman–Crippen MR) is 80.6 cm³/mol. The molecule has 1 atom stereocenters. The number of hydrogen-bond donors (Lipinski definition) is 3. The topological polar surface area (TPSA) is 101 Å². The van der Waals surface area contributed by atoms with E-state index in [0.29, 0.717) is 18.1 Å². The van der Waals surface area contributed by atoms with Gasteiger partial charge in [-0.2, -0.15) is 11.8 Å². The number of rotatable bonds is 8. The number of carbonyl (C=O) groups excluding carboxylic acids is 1. The van der Waals surface area contributed by atoms with Gasteiger partial charge in [-0.3, -0.25) is 0 Å². The SMILES string of the molecule is COc1ccc(CNC(=O)N[C@H](CCSC)C(=O)O)cn1. The Balaban J connectivity index is 2.42. The van der Waals surface area contributed by atoms with Crippen molar-refractivity contribution in [2.24, 2.45) is 0 Å². The van der Waals surface area contributed by atoms with Crippen molar-refractivity contribution in [3.8, 4) is 5.88 Å². The number of nitrogens with zero attached hydrogens (tertiary/aromatic N) is 1. The lowest BCUT2D eigenvalue weighted by atomic mass is 10.2. The summed E-state index contributed by atoms with van der Waals surface area (Å²) in [5, 5.41) is 14.0. The second-order valence-electron chi connectivity index (χ2n) is 4.21. The molecule has 0 saturated carbocycles. The van der Waals surface area contributed by atoms with Crippen LogP contribution < -0.4 is 15.4 Å². The summed E-state index contributed by atoms with van der Waals surface area (Å²) >= 11 is 1.53. The Bertz CT molecular complexity index is 467. The van der Waals surface area contributed by atoms with E-state index in [1.54, 1.807) is 18.3 Å². The van der Waals surface area contributed by atoms with Crippen LogP contribution in [0, 0.1) is 0 Å². The number of thioether (sulfide) groups is 1. The summed E-state index contributed by atoms with van der Waals surface area (Å²) in [6.07, 6.45) is 3.85. The molecule has 0 unspecified atom stereocenters. The first kappa shape index (κ1) is 17.1. The van der Waals surface area contributed by atoms with E-state index in [1.807, 2.05) is 6.26 Å². The Morgan fingerprint density at radius 3 is 2.76 bits per heavy atom. The van der Waals surface area contributed by atoms with E-state index >= 15 is 0 Å². The lowest BCUT2D eigenvalue weighted by Gasteiger charge is -2.14. The molecule has 1 rings (SSSR count). The zero-order chi connectivity index (χ0) is 15.7. The van der Waals surface area contributed by atoms with E-state index in [-0.39, 0.29) is 6.54 Å². The van der Waals surface area contributed by atoms with Crippen LogP contribution in [0.2, 0.25) is 0 Å². The first-order chi connectivity index (χ1) is 10.1. The normalized spacial score (nSPS) is 11.5. The lowest BCUT2D eigenvalue weighted by molar-refractivity contribution is -0.139. The summed E-state index contributed by atoms with van der Waals surface area (Å²) in [5.41, 5.74) is 0.793. The van der Waals surface area contributed by atoms with Crippen LogP contribution in [0.3, 0.4) is 0 Å². The van der Waals surface area contributed by atoms with Gasteiger partial charge in [0.2, 0.25) is 5.88 Å². The maximum atomic E-state index is 11.7. The number of amides is 2. The van der Waals surface area contributed by atoms with Gasteiger partial charge in [-0.05, 0) is 24.0 Å². The fourth-order valence-corrected chi connectivity index (χ4v) is 1.99. The number of carbonyl (C=O) groups is 2. The zero-order valence-electron chi connectivity index (χ0n) is 12.0. The van der Waals surface area contributed by atoms with Gasteiger partial charge in [0.15, 0.2) is 0 Å². The van der Waals surface area contributed by atoms with Gasteiger partial charge >= 0.3 is 12.0 Å². The fraction of sp³-hybridized carbons (Fsp3) is 0.462. The summed E-state index contributed by atoms with van der Waals surface area (Å²) in [6, 6.07) is 2.06. The molecule has 1 aromatic heterocycles. The number of ether oxygens (including phenoxy) is 1. The van der Waals surface area contributed by atoms with Crippen molar-refractivity contribution in [3.05, 3.63) is 23.9 Å². The molecule has 2 amide bonds. The maximum absolute atomic E-state index is 11.7. The highest BCUT2D eigenvalue weighted by Gasteiger charge is 2.18. The number of methoxy groups -OCH3 is 1. The Labute approximate surface area is 127 Å². The standard InChI is InChI=1S/C13H19N3O4S/c1-20-11-4-3-9(7-14-11)8-15-13(19)16-10(12(17)18)5-6-21-2/h3-4,7,10H,5-6,8H2,1-2H3,(H,17,18)(H2,15,16,19)/t10-/m1/s1. The van der Waals surface area contributed by atoms with E-state index in [1.165, 1.54) is 18.9 Å². The highest BCUT2D eigenvalue weighted by Crippen LogP contribution is 2.06. The van der Waals surface area contributed by atoms with Gasteiger partial charge in [0.05, 0.1) is 7.11 Å². The number of aromatic nitrogens is 1. The molecule has 0 bridgehead atoms. The molecule has 7 nitrogen and oxygen atoms in total. The van der Waals surface area contributed by atoms with Crippen molar-refractivity contribution in [1.82, 2.24) is 15.6 Å². The van der Waals surface area contributed by atoms with Crippen molar-refractivity contribution in [3.63, 3.8) is 0 Å². The summed E-state index contributed by atoms with van der Waals surface area (Å²) in [7, 11) is 1.52. The maximum Gasteiger partial charge on any atom is 0.326 e. The van der Waals surface area contributed by atoms with E-state index < -0.39 is 18.0 Å². The molecule has 1 heterocycles. The van der Waals surface area contributed by atoms with E-state index in [2.05, 4.69) is 15.6 Å². The van der Waals surface area contributed by atoms with E-state index in [4.69, 9.17) is 9.84 Å². The predicted octanol–water partition coefficient (Wildman–Crippen LogP) is 1.10. The van der Waals surface area contributed by atoms with Crippen molar-refractivity contribution in [2.75, 3.05) is 19.1 Å². The minimum absolute atomic E-state index is 0.262. The Morgan fingerprint density at radius 1 is 1.48 bits per heavy atom. The van der Waals surface area contributed by atoms with Gasteiger partial charge in [-0.15, -0.1) is 0 Å². The molecule has 116 valence electrons. The second kappa shape index (κ2) is 9.06. The third-order valence-corrected chi connectivity index (χ3v) is 3.32. The van der Waals surface area contributed by atoms with Gasteiger partial charge in [-0.25, -0.2) is 14.6 Å². The molecule has 0 spiro atoms. The van der Waals surface area contributed by atoms with Crippen LogP contribution in [0.1, 0.15) is 12.0 Å². The Kier molecular flexibility index (Phi) is 7.38. The van der Waals surface area contributed by atoms with Crippen LogP contribution in [0.25, 0.3) is 0 Å². The third-order valence-electron chi connectivity index (χ3n) is 2.67. The number of nitrogens with one attached hydrogen (secondary N) is 2. The number of carboxylic acid groups (broad SMARTS) is 1. The quantitative estimate of drug-likeness (QED) is 0.664. The lowest BCUT2D eigenvalue weighted by Crippen LogP contribution is -2.46. The third kappa shape index (κ3) is 6.35. The van der Waals surface area contributed by atoms with Crippen LogP contribution in [-0.2, 0) is 11.3 Å². The smallest absolute Gasteiger partial charge is 0.326 e. The zero-order valence-corrected chi connectivity index (χ0v) is 12.8. The number of aliphatic carboxylic acids is 1. The fourth-order valence-electron chi connectivity index (χ4n) is 1.52. The van der Waals surface area contributed by atoms with Crippen LogP contribution >= 0.6 is 11.8 Å². The molecule has 8 heteroatoms. The minimum Gasteiger partial charge on any atom is -0.481 e.